The van der Waals surface area contributed by atoms with Gasteiger partial charge in [0.05, 0.1) is 18.4 Å². The van der Waals surface area contributed by atoms with Crippen molar-refractivity contribution in [2.45, 2.75) is 39.8 Å². The molecule has 0 fully saturated rings. The Morgan fingerprint density at radius 3 is 2.33 bits per heavy atom. The first-order valence-corrected chi connectivity index (χ1v) is 8.08. The van der Waals surface area contributed by atoms with E-state index in [2.05, 4.69) is 24.0 Å². The lowest BCUT2D eigenvalue weighted by atomic mass is 10.0. The average Bonchev–Trinajstić information content (AvgIpc) is 2.88. The lowest BCUT2D eigenvalue weighted by molar-refractivity contribution is -0.709. The van der Waals surface area contributed by atoms with Crippen LogP contribution in [0.3, 0.4) is 0 Å². The number of nitrogens with one attached hydrogen (secondary N) is 1. The molecule has 5 nitrogen and oxygen atoms in total. The van der Waals surface area contributed by atoms with Crippen molar-refractivity contribution in [2.75, 3.05) is 7.11 Å². The number of nitrogens with two attached hydrogens (primary N) is 1. The summed E-state index contributed by atoms with van der Waals surface area (Å²) in [5.74, 6) is -0.442. The highest BCUT2D eigenvalue weighted by Gasteiger charge is 2.28. The standard InChI is InChI=1S/C19H24N2O3/c1-11-16(19(23)24-5)13(3)21-17(11)18(22)14(4)20-12(2)15-9-7-6-8-10-15/h6-10,12,14,20-21H,1-5H3/p+1/t12-,14+/m0/s1. The number of Topliss-reactive ketones (excluding diaryl/α,β-unsaturated/α-hetero) is 1. The van der Waals surface area contributed by atoms with Gasteiger partial charge in [0.15, 0.2) is 0 Å². The molecule has 2 aromatic rings. The summed E-state index contributed by atoms with van der Waals surface area (Å²) in [5.41, 5.74) is 3.41. The highest BCUT2D eigenvalue weighted by Crippen LogP contribution is 2.20. The molecule has 0 aliphatic rings. The number of hydrogen-bond acceptors (Lipinski definition) is 3. The monoisotopic (exact) mass is 329 g/mol. The number of ketones is 1. The molecule has 0 unspecified atom stereocenters. The highest BCUT2D eigenvalue weighted by atomic mass is 16.5. The number of aromatic amines is 1. The molecule has 128 valence electrons. The van der Waals surface area contributed by atoms with Crippen molar-refractivity contribution in [1.82, 2.24) is 4.98 Å². The molecule has 0 aliphatic heterocycles. The number of quaternary nitrogens is 1. The van der Waals surface area contributed by atoms with E-state index in [1.165, 1.54) is 12.7 Å². The van der Waals surface area contributed by atoms with Gasteiger partial charge in [0.1, 0.15) is 12.1 Å². The van der Waals surface area contributed by atoms with Crippen LogP contribution in [0, 0.1) is 13.8 Å². The van der Waals surface area contributed by atoms with Crippen LogP contribution in [0.1, 0.15) is 57.6 Å². The summed E-state index contributed by atoms with van der Waals surface area (Å²) in [5, 5.41) is 2.03. The number of hydrogen-bond donors (Lipinski definition) is 2. The lowest BCUT2D eigenvalue weighted by Crippen LogP contribution is -2.91. The molecule has 0 radical (unpaired) electrons. The normalized spacial score (nSPS) is 13.4. The maximum atomic E-state index is 12.8. The third-order valence-electron chi connectivity index (χ3n) is 4.39. The van der Waals surface area contributed by atoms with E-state index >= 15 is 0 Å². The lowest BCUT2D eigenvalue weighted by Gasteiger charge is -2.16. The Hall–Kier alpha value is -2.40. The van der Waals surface area contributed by atoms with Crippen molar-refractivity contribution >= 4 is 11.8 Å². The zero-order valence-electron chi connectivity index (χ0n) is 14.8. The third kappa shape index (κ3) is 3.57. The Morgan fingerprint density at radius 2 is 1.75 bits per heavy atom. The summed E-state index contributed by atoms with van der Waals surface area (Å²) in [6, 6.07) is 9.98. The topological polar surface area (TPSA) is 75.8 Å². The smallest absolute Gasteiger partial charge is 0.339 e. The number of esters is 1. The second kappa shape index (κ2) is 7.45. The van der Waals surface area contributed by atoms with E-state index in [0.717, 1.165) is 0 Å². The molecule has 1 heterocycles. The summed E-state index contributed by atoms with van der Waals surface area (Å²) in [4.78, 5) is 27.7. The van der Waals surface area contributed by atoms with E-state index in [9.17, 15) is 9.59 Å². The number of ether oxygens (including phenoxy) is 1. The van der Waals surface area contributed by atoms with Crippen molar-refractivity contribution < 1.29 is 19.6 Å². The summed E-state index contributed by atoms with van der Waals surface area (Å²) in [6.07, 6.45) is 0. The maximum absolute atomic E-state index is 12.8. The predicted octanol–water partition coefficient (Wildman–Crippen LogP) is 2.31. The molecule has 24 heavy (non-hydrogen) atoms. The highest BCUT2D eigenvalue weighted by molar-refractivity contribution is 6.03. The molecule has 3 N–H and O–H groups in total. The van der Waals surface area contributed by atoms with E-state index in [-0.39, 0.29) is 17.9 Å². The van der Waals surface area contributed by atoms with E-state index < -0.39 is 5.97 Å². The van der Waals surface area contributed by atoms with Gasteiger partial charge in [-0.1, -0.05) is 30.3 Å². The minimum atomic E-state index is -0.422. The molecule has 0 bridgehead atoms. The first-order valence-electron chi connectivity index (χ1n) is 8.08. The number of H-pyrrole nitrogens is 1. The molecule has 1 aromatic carbocycles. The minimum absolute atomic E-state index is 0.0199. The zero-order valence-corrected chi connectivity index (χ0v) is 14.8. The van der Waals surface area contributed by atoms with Crippen molar-refractivity contribution in [1.29, 1.82) is 0 Å². The molecule has 2 rings (SSSR count). The Labute approximate surface area is 142 Å². The fraction of sp³-hybridized carbons (Fsp3) is 0.368. The first-order chi connectivity index (χ1) is 11.4. The van der Waals surface area contributed by atoms with Crippen LogP contribution in [0.5, 0.6) is 0 Å². The number of carbonyl (C=O) groups excluding carboxylic acids is 2. The number of rotatable bonds is 6. The maximum Gasteiger partial charge on any atom is 0.339 e. The van der Waals surface area contributed by atoms with Gasteiger partial charge in [0, 0.05) is 11.3 Å². The first kappa shape index (κ1) is 17.9. The van der Waals surface area contributed by atoms with Crippen LogP contribution in [-0.4, -0.2) is 29.9 Å². The third-order valence-corrected chi connectivity index (χ3v) is 4.39. The number of benzene rings is 1. The number of aromatic nitrogens is 1. The molecule has 0 saturated carbocycles. The van der Waals surface area contributed by atoms with Crippen LogP contribution >= 0.6 is 0 Å². The predicted molar refractivity (Wildman–Crippen MR) is 92.2 cm³/mol. The van der Waals surface area contributed by atoms with Gasteiger partial charge in [-0.05, 0) is 33.3 Å². The van der Waals surface area contributed by atoms with E-state index in [0.29, 0.717) is 22.5 Å². The van der Waals surface area contributed by atoms with Crippen LogP contribution in [0.15, 0.2) is 30.3 Å². The summed E-state index contributed by atoms with van der Waals surface area (Å²) in [7, 11) is 1.34. The summed E-state index contributed by atoms with van der Waals surface area (Å²) < 4.78 is 4.80. The summed E-state index contributed by atoms with van der Waals surface area (Å²) in [6.45, 7) is 7.51. The van der Waals surface area contributed by atoms with Crippen molar-refractivity contribution in [2.24, 2.45) is 0 Å². The molecule has 0 spiro atoms. The second-order valence-corrected chi connectivity index (χ2v) is 6.16. The van der Waals surface area contributed by atoms with Gasteiger partial charge in [0.2, 0.25) is 5.78 Å². The SMILES string of the molecule is COC(=O)c1c(C)[nH]c(C(=O)[C@@H](C)[NH2+][C@@H](C)c2ccccc2)c1C. The van der Waals surface area contributed by atoms with Crippen LogP contribution in [0.25, 0.3) is 0 Å². The molecule has 0 aliphatic carbocycles. The van der Waals surface area contributed by atoms with Crippen molar-refractivity contribution in [3.8, 4) is 0 Å². The Bertz CT molecular complexity index is 735. The van der Waals surface area contributed by atoms with Gasteiger partial charge in [-0.25, -0.2) is 4.79 Å². The quantitative estimate of drug-likeness (QED) is 0.631. The van der Waals surface area contributed by atoms with Gasteiger partial charge >= 0.3 is 5.97 Å². The van der Waals surface area contributed by atoms with Crippen molar-refractivity contribution in [3.63, 3.8) is 0 Å². The minimum Gasteiger partial charge on any atom is -0.465 e. The Kier molecular flexibility index (Phi) is 5.57. The van der Waals surface area contributed by atoms with Gasteiger partial charge in [-0.15, -0.1) is 0 Å². The Morgan fingerprint density at radius 1 is 1.12 bits per heavy atom. The van der Waals surface area contributed by atoms with Gasteiger partial charge < -0.3 is 15.0 Å². The second-order valence-electron chi connectivity index (χ2n) is 6.16. The fourth-order valence-electron chi connectivity index (χ4n) is 3.02. The molecule has 2 atom stereocenters. The molecular weight excluding hydrogens is 304 g/mol. The molecule has 1 aromatic heterocycles. The van der Waals surface area contributed by atoms with Crippen LogP contribution in [0.2, 0.25) is 0 Å². The summed E-state index contributed by atoms with van der Waals surface area (Å²) >= 11 is 0. The fourth-order valence-corrected chi connectivity index (χ4v) is 3.02. The van der Waals surface area contributed by atoms with Crippen LogP contribution < -0.4 is 5.32 Å². The molecule has 5 heteroatoms. The zero-order chi connectivity index (χ0) is 17.9. The number of methoxy groups -OCH3 is 1. The van der Waals surface area contributed by atoms with E-state index in [4.69, 9.17) is 4.74 Å². The molecule has 0 amide bonds. The Balaban J connectivity index is 2.18. The van der Waals surface area contributed by atoms with Crippen LogP contribution in [0.4, 0.5) is 0 Å². The average molecular weight is 329 g/mol. The number of aryl methyl sites for hydroxylation is 1. The molecule has 0 saturated heterocycles. The van der Waals surface area contributed by atoms with Gasteiger partial charge in [-0.2, -0.15) is 0 Å². The van der Waals surface area contributed by atoms with Gasteiger partial charge in [-0.3, -0.25) is 4.79 Å². The van der Waals surface area contributed by atoms with Crippen molar-refractivity contribution in [3.05, 3.63) is 58.4 Å². The van der Waals surface area contributed by atoms with E-state index in [1.807, 2.05) is 30.4 Å². The van der Waals surface area contributed by atoms with Crippen LogP contribution in [-0.2, 0) is 4.74 Å². The number of carbonyl (C=O) groups is 2. The van der Waals surface area contributed by atoms with Gasteiger partial charge in [0.25, 0.3) is 0 Å². The van der Waals surface area contributed by atoms with E-state index in [1.54, 1.807) is 13.8 Å². The largest absolute Gasteiger partial charge is 0.465 e. The molecular formula is C19H25N2O3+.